The van der Waals surface area contributed by atoms with Crippen LogP contribution < -0.4 is 20.1 Å². The molecule has 0 saturated carbocycles. The minimum absolute atomic E-state index is 0.0521. The van der Waals surface area contributed by atoms with Crippen LogP contribution in [-0.4, -0.2) is 37.2 Å². The lowest BCUT2D eigenvalue weighted by molar-refractivity contribution is -0.125. The fraction of sp³-hybridized carbons (Fsp3) is 0.316. The number of aryl methyl sites for hydroxylation is 1. The molecule has 0 fully saturated rings. The second kappa shape index (κ2) is 8.30. The lowest BCUT2D eigenvalue weighted by Gasteiger charge is -2.25. The van der Waals surface area contributed by atoms with E-state index >= 15 is 0 Å². The highest BCUT2D eigenvalue weighted by molar-refractivity contribution is 7.16. The molecule has 28 heavy (non-hydrogen) atoms. The van der Waals surface area contributed by atoms with Gasteiger partial charge >= 0.3 is 6.09 Å². The number of alkyl carbamates (subject to hydrolysis) is 1. The zero-order valence-electron chi connectivity index (χ0n) is 15.7. The molecular weight excluding hydrogens is 384 g/mol. The number of thiophene rings is 1. The number of amides is 3. The van der Waals surface area contributed by atoms with Crippen LogP contribution >= 0.6 is 11.3 Å². The number of benzene rings is 1. The standard InChI is InChI=1S/C19H20N2O6S/c1-4-25-19(24)21-17(23)15-10(2)11(3)28-18(15)20-16(22)14-9-26-12-7-5-6-8-13(12)27-14/h5-8,14H,4,9H2,1-3H3,(H,20,22)(H,21,23,24)/t14-/m1/s1. The van der Waals surface area contributed by atoms with Crippen LogP contribution in [0.1, 0.15) is 27.7 Å². The molecule has 2 heterocycles. The molecule has 3 rings (SSSR count). The maximum absolute atomic E-state index is 12.7. The van der Waals surface area contributed by atoms with E-state index in [1.54, 1.807) is 32.0 Å². The SMILES string of the molecule is CCOC(=O)NC(=O)c1c(NC(=O)[C@H]2COc3ccccc3O2)sc(C)c1C. The summed E-state index contributed by atoms with van der Waals surface area (Å²) in [5.74, 6) is -0.0284. The third-order valence-electron chi connectivity index (χ3n) is 4.14. The molecule has 0 radical (unpaired) electrons. The van der Waals surface area contributed by atoms with Gasteiger partial charge in [-0.2, -0.15) is 0 Å². The van der Waals surface area contributed by atoms with Gasteiger partial charge in [0, 0.05) is 4.88 Å². The third kappa shape index (κ3) is 4.09. The Hall–Kier alpha value is -3.07. The highest BCUT2D eigenvalue weighted by Gasteiger charge is 2.30. The van der Waals surface area contributed by atoms with Gasteiger partial charge in [-0.3, -0.25) is 14.9 Å². The number of rotatable bonds is 4. The molecular formula is C19H20N2O6S. The topological polar surface area (TPSA) is 103 Å². The Morgan fingerprint density at radius 1 is 1.21 bits per heavy atom. The third-order valence-corrected chi connectivity index (χ3v) is 5.26. The van der Waals surface area contributed by atoms with Crippen LogP contribution in [-0.2, 0) is 9.53 Å². The van der Waals surface area contributed by atoms with E-state index in [0.29, 0.717) is 22.1 Å². The summed E-state index contributed by atoms with van der Waals surface area (Å²) in [4.78, 5) is 37.6. The Labute approximate surface area is 165 Å². The lowest BCUT2D eigenvalue weighted by Crippen LogP contribution is -2.40. The highest BCUT2D eigenvalue weighted by Crippen LogP contribution is 2.34. The van der Waals surface area contributed by atoms with Crippen molar-refractivity contribution in [3.8, 4) is 11.5 Å². The van der Waals surface area contributed by atoms with E-state index in [1.165, 1.54) is 11.3 Å². The minimum atomic E-state index is -0.862. The Kier molecular flexibility index (Phi) is 5.84. The Bertz CT molecular complexity index is 923. The molecule has 8 nitrogen and oxygen atoms in total. The average molecular weight is 404 g/mol. The normalized spacial score (nSPS) is 14.9. The van der Waals surface area contributed by atoms with Crippen molar-refractivity contribution in [1.82, 2.24) is 5.32 Å². The molecule has 148 valence electrons. The van der Waals surface area contributed by atoms with Gasteiger partial charge in [-0.1, -0.05) is 12.1 Å². The van der Waals surface area contributed by atoms with Gasteiger partial charge in [-0.05, 0) is 38.5 Å². The zero-order valence-corrected chi connectivity index (χ0v) is 16.5. The summed E-state index contributed by atoms with van der Waals surface area (Å²) < 4.78 is 16.0. The molecule has 0 aliphatic carbocycles. The molecule has 1 aliphatic rings. The number of hydrogen-bond acceptors (Lipinski definition) is 7. The van der Waals surface area contributed by atoms with Crippen molar-refractivity contribution in [2.75, 3.05) is 18.5 Å². The Morgan fingerprint density at radius 3 is 2.64 bits per heavy atom. The van der Waals surface area contributed by atoms with Gasteiger partial charge < -0.3 is 19.5 Å². The van der Waals surface area contributed by atoms with E-state index in [1.807, 2.05) is 13.0 Å². The van der Waals surface area contributed by atoms with E-state index in [9.17, 15) is 14.4 Å². The van der Waals surface area contributed by atoms with Crippen LogP contribution in [0.5, 0.6) is 11.5 Å². The average Bonchev–Trinajstić information content (AvgIpc) is 2.94. The molecule has 2 aromatic rings. The van der Waals surface area contributed by atoms with Gasteiger partial charge in [0.05, 0.1) is 12.2 Å². The fourth-order valence-electron chi connectivity index (χ4n) is 2.65. The van der Waals surface area contributed by atoms with Crippen molar-refractivity contribution >= 4 is 34.2 Å². The molecule has 9 heteroatoms. The maximum atomic E-state index is 12.7. The summed E-state index contributed by atoms with van der Waals surface area (Å²) in [6, 6.07) is 7.07. The second-order valence-corrected chi connectivity index (χ2v) is 7.24. The number of carbonyl (C=O) groups excluding carboxylic acids is 3. The van der Waals surface area contributed by atoms with Crippen molar-refractivity contribution in [2.24, 2.45) is 0 Å². The number of ether oxygens (including phenoxy) is 3. The maximum Gasteiger partial charge on any atom is 0.414 e. The van der Waals surface area contributed by atoms with Crippen LogP contribution in [0, 0.1) is 13.8 Å². The van der Waals surface area contributed by atoms with Crippen molar-refractivity contribution in [1.29, 1.82) is 0 Å². The largest absolute Gasteiger partial charge is 0.485 e. The number of anilines is 1. The van der Waals surface area contributed by atoms with Gasteiger partial charge in [0.2, 0.25) is 6.10 Å². The first-order chi connectivity index (χ1) is 13.4. The van der Waals surface area contributed by atoms with Gasteiger partial charge in [-0.15, -0.1) is 11.3 Å². The summed E-state index contributed by atoms with van der Waals surface area (Å²) >= 11 is 1.25. The van der Waals surface area contributed by atoms with Crippen molar-refractivity contribution in [3.63, 3.8) is 0 Å². The van der Waals surface area contributed by atoms with E-state index in [4.69, 9.17) is 14.2 Å². The van der Waals surface area contributed by atoms with Gasteiger partial charge in [0.1, 0.15) is 11.6 Å². The molecule has 1 aliphatic heterocycles. The van der Waals surface area contributed by atoms with Gasteiger partial charge in [0.25, 0.3) is 11.8 Å². The summed E-state index contributed by atoms with van der Waals surface area (Å²) in [6.07, 6.45) is -1.70. The number of para-hydroxylation sites is 2. The Balaban J connectivity index is 1.75. The molecule has 3 amide bonds. The number of hydrogen-bond donors (Lipinski definition) is 2. The molecule has 0 bridgehead atoms. The molecule has 1 atom stereocenters. The first-order valence-corrected chi connectivity index (χ1v) is 9.49. The zero-order chi connectivity index (χ0) is 20.3. The predicted octanol–water partition coefficient (Wildman–Crippen LogP) is 3.03. The Morgan fingerprint density at radius 2 is 1.93 bits per heavy atom. The first-order valence-electron chi connectivity index (χ1n) is 8.68. The van der Waals surface area contributed by atoms with Gasteiger partial charge in [0.15, 0.2) is 11.5 Å². The predicted molar refractivity (Wildman–Crippen MR) is 103 cm³/mol. The molecule has 2 N–H and O–H groups in total. The van der Waals surface area contributed by atoms with Crippen LogP contribution in [0.15, 0.2) is 24.3 Å². The quantitative estimate of drug-likeness (QED) is 0.812. The van der Waals surface area contributed by atoms with Gasteiger partial charge in [-0.25, -0.2) is 4.79 Å². The van der Waals surface area contributed by atoms with Crippen LogP contribution in [0.4, 0.5) is 9.80 Å². The van der Waals surface area contributed by atoms with E-state index in [0.717, 1.165) is 4.88 Å². The summed E-state index contributed by atoms with van der Waals surface area (Å²) in [7, 11) is 0. The van der Waals surface area contributed by atoms with Crippen molar-refractivity contribution < 1.29 is 28.6 Å². The van der Waals surface area contributed by atoms with Crippen molar-refractivity contribution in [2.45, 2.75) is 26.9 Å². The summed E-state index contributed by atoms with van der Waals surface area (Å²) in [6.45, 7) is 5.41. The molecule has 0 unspecified atom stereocenters. The summed E-state index contributed by atoms with van der Waals surface area (Å²) in [5.41, 5.74) is 0.897. The molecule has 1 aromatic carbocycles. The monoisotopic (exact) mass is 404 g/mol. The second-order valence-electron chi connectivity index (χ2n) is 6.02. The van der Waals surface area contributed by atoms with Crippen LogP contribution in [0.2, 0.25) is 0 Å². The summed E-state index contributed by atoms with van der Waals surface area (Å²) in [5, 5.41) is 5.21. The minimum Gasteiger partial charge on any atom is -0.485 e. The fourth-order valence-corrected chi connectivity index (χ4v) is 3.71. The van der Waals surface area contributed by atoms with E-state index in [2.05, 4.69) is 10.6 Å². The molecule has 0 saturated heterocycles. The lowest BCUT2D eigenvalue weighted by atomic mass is 10.1. The number of nitrogens with one attached hydrogen (secondary N) is 2. The highest BCUT2D eigenvalue weighted by atomic mass is 32.1. The molecule has 0 spiro atoms. The molecule has 1 aromatic heterocycles. The van der Waals surface area contributed by atoms with E-state index in [-0.39, 0.29) is 18.8 Å². The van der Waals surface area contributed by atoms with Crippen LogP contribution in [0.25, 0.3) is 0 Å². The number of carbonyl (C=O) groups is 3. The van der Waals surface area contributed by atoms with Crippen LogP contribution in [0.3, 0.4) is 0 Å². The smallest absolute Gasteiger partial charge is 0.414 e. The van der Waals surface area contributed by atoms with Crippen molar-refractivity contribution in [3.05, 3.63) is 40.3 Å². The number of fused-ring (bicyclic) bond motifs is 1. The first kappa shape index (κ1) is 19.7. The number of imide groups is 1. The van der Waals surface area contributed by atoms with E-state index < -0.39 is 24.0 Å².